The third-order valence-corrected chi connectivity index (χ3v) is 5.72. The van der Waals surface area contributed by atoms with Gasteiger partial charge in [0.2, 0.25) is 5.91 Å². The summed E-state index contributed by atoms with van der Waals surface area (Å²) in [5.74, 6) is 1.13. The van der Waals surface area contributed by atoms with Crippen LogP contribution in [-0.2, 0) is 36.1 Å². The molecule has 0 saturated carbocycles. The van der Waals surface area contributed by atoms with Crippen molar-refractivity contribution < 1.29 is 9.53 Å². The molecule has 2 atom stereocenters. The van der Waals surface area contributed by atoms with Crippen molar-refractivity contribution in [2.24, 2.45) is 13.0 Å². The Morgan fingerprint density at radius 1 is 1.42 bits per heavy atom. The maximum atomic E-state index is 13.1. The van der Waals surface area contributed by atoms with Gasteiger partial charge in [0.05, 0.1) is 30.5 Å². The van der Waals surface area contributed by atoms with Crippen molar-refractivity contribution in [2.45, 2.75) is 51.8 Å². The number of ether oxygens (including phenoxy) is 1. The van der Waals surface area contributed by atoms with Crippen LogP contribution in [0.2, 0.25) is 0 Å². The van der Waals surface area contributed by atoms with E-state index in [2.05, 4.69) is 15.9 Å². The number of rotatable bonds is 4. The van der Waals surface area contributed by atoms with Crippen LogP contribution in [-0.4, -0.2) is 43.8 Å². The van der Waals surface area contributed by atoms with Crippen molar-refractivity contribution in [3.8, 4) is 0 Å². The van der Waals surface area contributed by atoms with Crippen molar-refractivity contribution in [1.82, 2.24) is 24.2 Å². The summed E-state index contributed by atoms with van der Waals surface area (Å²) in [5, 5.41) is 4.30. The third kappa shape index (κ3) is 3.05. The molecule has 7 heteroatoms. The first-order chi connectivity index (χ1) is 12.5. The summed E-state index contributed by atoms with van der Waals surface area (Å²) in [6, 6.07) is 0. The SMILES string of the molecule is Cc1c([C@H]2OCC[C@@H]2C(=O)N(C)Cc2cn3c(n2)CCCC3)cnn1C. The first-order valence-electron chi connectivity index (χ1n) is 9.44. The standard InChI is InChI=1S/C19H27N5O2/c1-13-16(10-20-23(13)3)18-15(7-9-26-18)19(25)22(2)11-14-12-24-8-5-4-6-17(24)21-14/h10,12,15,18H,4-9,11H2,1-3H3/t15-,18-/m0/s1. The Bertz CT molecular complexity index is 785. The largest absolute Gasteiger partial charge is 0.373 e. The Morgan fingerprint density at radius 2 is 2.27 bits per heavy atom. The van der Waals surface area contributed by atoms with Crippen molar-refractivity contribution in [2.75, 3.05) is 13.7 Å². The third-order valence-electron chi connectivity index (χ3n) is 5.72. The molecule has 0 aliphatic carbocycles. The number of fused-ring (bicyclic) bond motifs is 1. The topological polar surface area (TPSA) is 65.2 Å². The lowest BCUT2D eigenvalue weighted by molar-refractivity contribution is -0.136. The van der Waals surface area contributed by atoms with E-state index in [0.717, 1.165) is 42.2 Å². The number of aryl methyl sites for hydroxylation is 3. The molecule has 7 nitrogen and oxygen atoms in total. The summed E-state index contributed by atoms with van der Waals surface area (Å²) in [7, 11) is 3.78. The number of carbonyl (C=O) groups excluding carboxylic acids is 1. The maximum absolute atomic E-state index is 13.1. The molecule has 0 N–H and O–H groups in total. The number of nitrogens with zero attached hydrogens (tertiary/aromatic N) is 5. The Morgan fingerprint density at radius 3 is 3.00 bits per heavy atom. The normalized spacial score (nSPS) is 22.4. The molecule has 0 aromatic carbocycles. The van der Waals surface area contributed by atoms with E-state index >= 15 is 0 Å². The van der Waals surface area contributed by atoms with Crippen molar-refractivity contribution in [1.29, 1.82) is 0 Å². The number of imidazole rings is 1. The highest BCUT2D eigenvalue weighted by molar-refractivity contribution is 5.79. The molecule has 26 heavy (non-hydrogen) atoms. The molecule has 2 aliphatic rings. The first-order valence-corrected chi connectivity index (χ1v) is 9.44. The van der Waals surface area contributed by atoms with Crippen LogP contribution in [0.25, 0.3) is 0 Å². The highest BCUT2D eigenvalue weighted by Crippen LogP contribution is 2.37. The maximum Gasteiger partial charge on any atom is 0.228 e. The highest BCUT2D eigenvalue weighted by Gasteiger charge is 2.38. The van der Waals surface area contributed by atoms with Crippen LogP contribution in [0.5, 0.6) is 0 Å². The van der Waals surface area contributed by atoms with E-state index in [-0.39, 0.29) is 17.9 Å². The minimum absolute atomic E-state index is 0.127. The number of hydrogen-bond donors (Lipinski definition) is 0. The van der Waals surface area contributed by atoms with E-state index in [4.69, 9.17) is 9.72 Å². The van der Waals surface area contributed by atoms with Crippen molar-refractivity contribution >= 4 is 5.91 Å². The van der Waals surface area contributed by atoms with E-state index in [0.29, 0.717) is 13.2 Å². The molecule has 140 valence electrons. The van der Waals surface area contributed by atoms with Gasteiger partial charge in [-0.25, -0.2) is 4.98 Å². The molecule has 0 radical (unpaired) electrons. The molecule has 2 aromatic rings. The summed E-state index contributed by atoms with van der Waals surface area (Å²) < 4.78 is 9.98. The molecule has 0 spiro atoms. The Hall–Kier alpha value is -2.15. The predicted octanol–water partition coefficient (Wildman–Crippen LogP) is 2.00. The summed E-state index contributed by atoms with van der Waals surface area (Å²) >= 11 is 0. The predicted molar refractivity (Wildman–Crippen MR) is 96.4 cm³/mol. The van der Waals surface area contributed by atoms with Gasteiger partial charge in [-0.2, -0.15) is 5.10 Å². The molecule has 0 bridgehead atoms. The number of amides is 1. The van der Waals surface area contributed by atoms with Crippen LogP contribution in [0.3, 0.4) is 0 Å². The van der Waals surface area contributed by atoms with Gasteiger partial charge in [-0.3, -0.25) is 9.48 Å². The second kappa shape index (κ2) is 6.87. The van der Waals surface area contributed by atoms with E-state index < -0.39 is 0 Å². The Balaban J connectivity index is 1.47. The van der Waals surface area contributed by atoms with E-state index in [1.165, 1.54) is 12.8 Å². The summed E-state index contributed by atoms with van der Waals surface area (Å²) in [6.07, 6.45) is 7.94. The van der Waals surface area contributed by atoms with E-state index in [1.807, 2.05) is 31.9 Å². The molecule has 2 aliphatic heterocycles. The summed E-state index contributed by atoms with van der Waals surface area (Å²) in [6.45, 7) is 4.22. The van der Waals surface area contributed by atoms with Crippen LogP contribution in [0.15, 0.2) is 12.4 Å². The fraction of sp³-hybridized carbons (Fsp3) is 0.632. The lowest BCUT2D eigenvalue weighted by Crippen LogP contribution is -2.34. The quantitative estimate of drug-likeness (QED) is 0.839. The van der Waals surface area contributed by atoms with Crippen molar-refractivity contribution in [3.05, 3.63) is 35.2 Å². The van der Waals surface area contributed by atoms with Gasteiger partial charge in [0, 0.05) is 51.1 Å². The van der Waals surface area contributed by atoms with Gasteiger partial charge in [-0.1, -0.05) is 0 Å². The Labute approximate surface area is 154 Å². The Kier molecular flexibility index (Phi) is 4.56. The second-order valence-electron chi connectivity index (χ2n) is 7.49. The molecular weight excluding hydrogens is 330 g/mol. The van der Waals surface area contributed by atoms with Crippen LogP contribution < -0.4 is 0 Å². The molecule has 4 heterocycles. The minimum atomic E-state index is -0.200. The second-order valence-corrected chi connectivity index (χ2v) is 7.49. The van der Waals surface area contributed by atoms with Gasteiger partial charge in [-0.15, -0.1) is 0 Å². The summed E-state index contributed by atoms with van der Waals surface area (Å²) in [5.41, 5.74) is 3.05. The number of aromatic nitrogens is 4. The smallest absolute Gasteiger partial charge is 0.228 e. The molecule has 4 rings (SSSR count). The lowest BCUT2D eigenvalue weighted by atomic mass is 9.94. The molecule has 1 fully saturated rings. The van der Waals surface area contributed by atoms with Crippen LogP contribution in [0, 0.1) is 12.8 Å². The van der Waals surface area contributed by atoms with Gasteiger partial charge < -0.3 is 14.2 Å². The average molecular weight is 357 g/mol. The number of carbonyl (C=O) groups is 1. The zero-order valence-electron chi connectivity index (χ0n) is 15.8. The zero-order chi connectivity index (χ0) is 18.3. The fourth-order valence-electron chi connectivity index (χ4n) is 4.10. The van der Waals surface area contributed by atoms with Crippen LogP contribution in [0.1, 0.15) is 48.1 Å². The van der Waals surface area contributed by atoms with Gasteiger partial charge in [-0.05, 0) is 26.2 Å². The zero-order valence-corrected chi connectivity index (χ0v) is 15.8. The van der Waals surface area contributed by atoms with Gasteiger partial charge in [0.25, 0.3) is 0 Å². The first kappa shape index (κ1) is 17.3. The van der Waals surface area contributed by atoms with Crippen LogP contribution in [0.4, 0.5) is 0 Å². The van der Waals surface area contributed by atoms with E-state index in [1.54, 1.807) is 4.90 Å². The lowest BCUT2D eigenvalue weighted by Gasteiger charge is -2.23. The minimum Gasteiger partial charge on any atom is -0.373 e. The highest BCUT2D eigenvalue weighted by atomic mass is 16.5. The van der Waals surface area contributed by atoms with Crippen molar-refractivity contribution in [3.63, 3.8) is 0 Å². The summed E-state index contributed by atoms with van der Waals surface area (Å²) in [4.78, 5) is 19.6. The van der Waals surface area contributed by atoms with Crippen LogP contribution >= 0.6 is 0 Å². The monoisotopic (exact) mass is 357 g/mol. The van der Waals surface area contributed by atoms with E-state index in [9.17, 15) is 4.79 Å². The molecular formula is C19H27N5O2. The molecule has 2 aromatic heterocycles. The molecule has 1 amide bonds. The molecule has 1 saturated heterocycles. The average Bonchev–Trinajstić information content (AvgIpc) is 3.33. The molecule has 0 unspecified atom stereocenters. The fourth-order valence-corrected chi connectivity index (χ4v) is 4.10. The van der Waals surface area contributed by atoms with Gasteiger partial charge in [0.1, 0.15) is 5.82 Å². The van der Waals surface area contributed by atoms with Gasteiger partial charge >= 0.3 is 0 Å². The number of hydrogen-bond acceptors (Lipinski definition) is 4. The van der Waals surface area contributed by atoms with Gasteiger partial charge in [0.15, 0.2) is 0 Å².